The highest BCUT2D eigenvalue weighted by Gasteiger charge is 2.20. The fraction of sp³-hybridized carbons (Fsp3) is 0.190. The van der Waals surface area contributed by atoms with Crippen LogP contribution >= 0.6 is 11.3 Å². The Labute approximate surface area is 171 Å². The minimum atomic E-state index is -0.242. The molecule has 0 spiro atoms. The minimum absolute atomic E-state index is 0.130. The molecule has 3 aromatic rings. The van der Waals surface area contributed by atoms with E-state index in [2.05, 4.69) is 15.6 Å². The number of aromatic nitrogens is 1. The number of thiazole rings is 1. The van der Waals surface area contributed by atoms with Crippen LogP contribution < -0.4 is 21.1 Å². The Hall–Kier alpha value is -3.39. The number of nitrogen functional groups attached to an aromatic ring is 1. The molecular weight excluding hydrogens is 388 g/mol. The first-order chi connectivity index (χ1) is 14.1. The molecule has 2 aromatic carbocycles. The Morgan fingerprint density at radius 3 is 2.72 bits per heavy atom. The van der Waals surface area contributed by atoms with Crippen molar-refractivity contribution in [3.05, 3.63) is 64.7 Å². The molecule has 8 heteroatoms. The second kappa shape index (κ2) is 8.32. The lowest BCUT2D eigenvalue weighted by Crippen LogP contribution is -2.15. The van der Waals surface area contributed by atoms with E-state index >= 15 is 0 Å². The third-order valence-corrected chi connectivity index (χ3v) is 5.26. The normalized spacial score (nSPS) is 12.1. The van der Waals surface area contributed by atoms with Gasteiger partial charge in [0, 0.05) is 29.6 Å². The third-order valence-electron chi connectivity index (χ3n) is 4.54. The van der Waals surface area contributed by atoms with Crippen LogP contribution in [0.2, 0.25) is 0 Å². The third kappa shape index (κ3) is 4.55. The minimum Gasteiger partial charge on any atom is -0.492 e. The van der Waals surface area contributed by atoms with Gasteiger partial charge in [0.25, 0.3) is 5.91 Å². The SMILES string of the molecule is Nc1nc(CCC(=O)Nc2cccc(NC(=O)c3cccc4c3OCC4)c2)cs1. The average Bonchev–Trinajstić information content (AvgIpc) is 3.35. The maximum atomic E-state index is 12.7. The van der Waals surface area contributed by atoms with E-state index in [-0.39, 0.29) is 11.8 Å². The van der Waals surface area contributed by atoms with Crippen LogP contribution in [0.3, 0.4) is 0 Å². The van der Waals surface area contributed by atoms with Gasteiger partial charge in [-0.2, -0.15) is 0 Å². The van der Waals surface area contributed by atoms with E-state index in [1.807, 2.05) is 17.5 Å². The van der Waals surface area contributed by atoms with Crippen LogP contribution in [0, 0.1) is 0 Å². The first-order valence-electron chi connectivity index (χ1n) is 9.24. The fourth-order valence-corrected chi connectivity index (χ4v) is 3.77. The van der Waals surface area contributed by atoms with Crippen molar-refractivity contribution >= 4 is 39.7 Å². The summed E-state index contributed by atoms with van der Waals surface area (Å²) in [7, 11) is 0. The summed E-state index contributed by atoms with van der Waals surface area (Å²) in [6.07, 6.45) is 1.63. The molecule has 148 valence electrons. The molecule has 0 radical (unpaired) electrons. The van der Waals surface area contributed by atoms with Gasteiger partial charge in [-0.1, -0.05) is 18.2 Å². The lowest BCUT2D eigenvalue weighted by Gasteiger charge is -2.11. The van der Waals surface area contributed by atoms with Crippen LogP contribution in [0.1, 0.15) is 28.0 Å². The van der Waals surface area contributed by atoms with E-state index in [1.165, 1.54) is 11.3 Å². The van der Waals surface area contributed by atoms with Gasteiger partial charge in [0.2, 0.25) is 5.91 Å². The van der Waals surface area contributed by atoms with Gasteiger partial charge in [-0.25, -0.2) is 4.98 Å². The molecule has 0 atom stereocenters. The van der Waals surface area contributed by atoms with Crippen LogP contribution in [0.25, 0.3) is 0 Å². The topological polar surface area (TPSA) is 106 Å². The number of hydrogen-bond donors (Lipinski definition) is 3. The second-order valence-corrected chi connectivity index (χ2v) is 7.54. The molecule has 4 rings (SSSR count). The molecule has 1 aliphatic heterocycles. The Bertz CT molecular complexity index is 1060. The van der Waals surface area contributed by atoms with Crippen molar-refractivity contribution in [3.8, 4) is 5.75 Å². The number of anilines is 3. The molecule has 0 fully saturated rings. The van der Waals surface area contributed by atoms with Crippen molar-refractivity contribution in [2.45, 2.75) is 19.3 Å². The van der Waals surface area contributed by atoms with Crippen LogP contribution in [-0.2, 0) is 17.6 Å². The highest BCUT2D eigenvalue weighted by molar-refractivity contribution is 7.13. The van der Waals surface area contributed by atoms with Crippen molar-refractivity contribution in [3.63, 3.8) is 0 Å². The molecule has 2 amide bonds. The van der Waals surface area contributed by atoms with Crippen molar-refractivity contribution < 1.29 is 14.3 Å². The predicted octanol–water partition coefficient (Wildman–Crippen LogP) is 3.48. The molecule has 7 nitrogen and oxygen atoms in total. The first kappa shape index (κ1) is 18.9. The maximum Gasteiger partial charge on any atom is 0.259 e. The van der Waals surface area contributed by atoms with Gasteiger partial charge in [-0.3, -0.25) is 9.59 Å². The molecule has 2 heterocycles. The van der Waals surface area contributed by atoms with E-state index < -0.39 is 0 Å². The lowest BCUT2D eigenvalue weighted by atomic mass is 10.1. The van der Waals surface area contributed by atoms with E-state index in [1.54, 1.807) is 30.3 Å². The Morgan fingerprint density at radius 2 is 1.93 bits per heavy atom. The maximum absolute atomic E-state index is 12.7. The summed E-state index contributed by atoms with van der Waals surface area (Å²) in [4.78, 5) is 29.0. The standard InChI is InChI=1S/C21H20N4O3S/c22-21-25-16(12-29-21)7-8-18(26)23-14-4-2-5-15(11-14)24-20(27)17-6-1-3-13-9-10-28-19(13)17/h1-6,11-12H,7-10H2,(H2,22,25)(H,23,26)(H,24,27). The lowest BCUT2D eigenvalue weighted by molar-refractivity contribution is -0.116. The molecule has 1 aromatic heterocycles. The fourth-order valence-electron chi connectivity index (χ4n) is 3.17. The highest BCUT2D eigenvalue weighted by atomic mass is 32.1. The summed E-state index contributed by atoms with van der Waals surface area (Å²) < 4.78 is 5.60. The average molecular weight is 408 g/mol. The predicted molar refractivity (Wildman–Crippen MR) is 114 cm³/mol. The number of nitrogens with two attached hydrogens (primary N) is 1. The zero-order chi connectivity index (χ0) is 20.2. The molecule has 0 aliphatic carbocycles. The summed E-state index contributed by atoms with van der Waals surface area (Å²) in [6.45, 7) is 0.592. The van der Waals surface area contributed by atoms with E-state index in [9.17, 15) is 9.59 Å². The van der Waals surface area contributed by atoms with Gasteiger partial charge >= 0.3 is 0 Å². The van der Waals surface area contributed by atoms with Crippen LogP contribution in [-0.4, -0.2) is 23.4 Å². The first-order valence-corrected chi connectivity index (χ1v) is 10.1. The van der Waals surface area contributed by atoms with Crippen molar-refractivity contribution in [2.75, 3.05) is 23.0 Å². The van der Waals surface area contributed by atoms with E-state index in [0.717, 1.165) is 17.7 Å². The van der Waals surface area contributed by atoms with Gasteiger partial charge in [0.1, 0.15) is 5.75 Å². The molecule has 0 bridgehead atoms. The summed E-state index contributed by atoms with van der Waals surface area (Å²) >= 11 is 1.36. The number of nitrogens with zero attached hydrogens (tertiary/aromatic N) is 1. The number of carbonyl (C=O) groups is 2. The number of rotatable bonds is 6. The molecule has 0 saturated carbocycles. The number of aryl methyl sites for hydroxylation is 1. The molecule has 29 heavy (non-hydrogen) atoms. The zero-order valence-electron chi connectivity index (χ0n) is 15.6. The van der Waals surface area contributed by atoms with Crippen LogP contribution in [0.4, 0.5) is 16.5 Å². The smallest absolute Gasteiger partial charge is 0.259 e. The Morgan fingerprint density at radius 1 is 1.14 bits per heavy atom. The zero-order valence-corrected chi connectivity index (χ0v) is 16.4. The van der Waals surface area contributed by atoms with Crippen molar-refractivity contribution in [1.82, 2.24) is 4.98 Å². The molecule has 0 saturated heterocycles. The van der Waals surface area contributed by atoms with Gasteiger partial charge in [-0.05, 0) is 36.2 Å². The molecular formula is C21H20N4O3S. The monoisotopic (exact) mass is 408 g/mol. The number of benzene rings is 2. The number of para-hydroxylation sites is 1. The summed E-state index contributed by atoms with van der Waals surface area (Å²) in [5.74, 6) is 0.278. The molecule has 0 unspecified atom stereocenters. The van der Waals surface area contributed by atoms with Crippen LogP contribution in [0.5, 0.6) is 5.75 Å². The number of amides is 2. The highest BCUT2D eigenvalue weighted by Crippen LogP contribution is 2.30. The second-order valence-electron chi connectivity index (χ2n) is 6.65. The van der Waals surface area contributed by atoms with E-state index in [0.29, 0.717) is 47.3 Å². The van der Waals surface area contributed by atoms with E-state index in [4.69, 9.17) is 10.5 Å². The van der Waals surface area contributed by atoms with Crippen molar-refractivity contribution in [1.29, 1.82) is 0 Å². The molecule has 4 N–H and O–H groups in total. The largest absolute Gasteiger partial charge is 0.492 e. The van der Waals surface area contributed by atoms with Crippen molar-refractivity contribution in [2.24, 2.45) is 0 Å². The number of hydrogen-bond acceptors (Lipinski definition) is 6. The number of carbonyl (C=O) groups excluding carboxylic acids is 2. The van der Waals surface area contributed by atoms with Crippen LogP contribution in [0.15, 0.2) is 47.8 Å². The number of ether oxygens (including phenoxy) is 1. The van der Waals surface area contributed by atoms with Gasteiger partial charge < -0.3 is 21.1 Å². The summed E-state index contributed by atoms with van der Waals surface area (Å²) in [6, 6.07) is 12.6. The quantitative estimate of drug-likeness (QED) is 0.579. The number of nitrogens with one attached hydrogen (secondary N) is 2. The summed E-state index contributed by atoms with van der Waals surface area (Å²) in [5.41, 5.74) is 9.17. The van der Waals surface area contributed by atoms with Gasteiger partial charge in [0.15, 0.2) is 5.13 Å². The Balaban J connectivity index is 1.38. The van der Waals surface area contributed by atoms with Gasteiger partial charge in [-0.15, -0.1) is 11.3 Å². The van der Waals surface area contributed by atoms with Gasteiger partial charge in [0.05, 0.1) is 17.9 Å². The molecule has 1 aliphatic rings. The number of fused-ring (bicyclic) bond motifs is 1. The summed E-state index contributed by atoms with van der Waals surface area (Å²) in [5, 5.41) is 8.06. The Kier molecular flexibility index (Phi) is 5.44.